The second-order valence-electron chi connectivity index (χ2n) is 6.65. The average Bonchev–Trinajstić information content (AvgIpc) is 3.18. The van der Waals surface area contributed by atoms with Crippen molar-refractivity contribution in [2.75, 3.05) is 11.0 Å². The first-order valence-electron chi connectivity index (χ1n) is 9.11. The zero-order chi connectivity index (χ0) is 21.9. The van der Waals surface area contributed by atoms with Crippen LogP contribution in [-0.4, -0.2) is 35.7 Å². The van der Waals surface area contributed by atoms with Crippen molar-refractivity contribution < 1.29 is 18.3 Å². The van der Waals surface area contributed by atoms with Gasteiger partial charge < -0.3 is 15.1 Å². The number of hydrogen-bond donors (Lipinski definition) is 4. The minimum absolute atomic E-state index is 0.167. The number of fused-ring (bicyclic) bond motifs is 3. The standard InChI is InChI=1S/C18H15N3O3S.C3H6O2/c1-25(23,24)21-16-5-3-2-4-12(16)11-6-7-15-14(10-11)13-8-9-19-17(13)18(22)20-15;1-2-3(4)5/h2-10,19,21H,1H3,(H,20,22);2H2,1H3,(H,4,5). The van der Waals surface area contributed by atoms with Crippen molar-refractivity contribution in [1.29, 1.82) is 0 Å². The first kappa shape index (κ1) is 21.1. The van der Waals surface area contributed by atoms with Gasteiger partial charge >= 0.3 is 5.97 Å². The molecule has 156 valence electrons. The minimum atomic E-state index is -3.38. The van der Waals surface area contributed by atoms with Gasteiger partial charge in [0.25, 0.3) is 5.56 Å². The monoisotopic (exact) mass is 427 g/mol. The van der Waals surface area contributed by atoms with Crippen LogP contribution in [0, 0.1) is 0 Å². The van der Waals surface area contributed by atoms with Crippen molar-refractivity contribution in [2.24, 2.45) is 0 Å². The van der Waals surface area contributed by atoms with E-state index in [1.54, 1.807) is 25.3 Å². The Balaban J connectivity index is 0.000000461. The molecule has 0 atom stereocenters. The highest BCUT2D eigenvalue weighted by Crippen LogP contribution is 2.32. The molecule has 8 nitrogen and oxygen atoms in total. The SMILES string of the molecule is CCC(=O)O.CS(=O)(=O)Nc1ccccc1-c1ccc2[nH]c(=O)c3[nH]ccc3c2c1. The molecule has 0 amide bonds. The molecule has 0 aliphatic carbocycles. The van der Waals surface area contributed by atoms with E-state index in [4.69, 9.17) is 5.11 Å². The largest absolute Gasteiger partial charge is 0.481 e. The number of para-hydroxylation sites is 1. The van der Waals surface area contributed by atoms with Crippen molar-refractivity contribution in [3.05, 3.63) is 65.1 Å². The van der Waals surface area contributed by atoms with Gasteiger partial charge in [0.1, 0.15) is 5.52 Å². The number of H-pyrrole nitrogens is 2. The summed E-state index contributed by atoms with van der Waals surface area (Å²) in [5.74, 6) is -0.745. The van der Waals surface area contributed by atoms with Crippen LogP contribution in [0.1, 0.15) is 13.3 Å². The first-order valence-corrected chi connectivity index (χ1v) is 11.0. The van der Waals surface area contributed by atoms with E-state index in [0.717, 1.165) is 33.7 Å². The number of rotatable bonds is 4. The molecule has 0 radical (unpaired) electrons. The Kier molecular flexibility index (Phi) is 5.93. The fraction of sp³-hybridized carbons (Fsp3) is 0.143. The Hall–Kier alpha value is -3.59. The van der Waals surface area contributed by atoms with Crippen molar-refractivity contribution in [1.82, 2.24) is 9.97 Å². The topological polar surface area (TPSA) is 132 Å². The van der Waals surface area contributed by atoms with E-state index in [2.05, 4.69) is 14.7 Å². The lowest BCUT2D eigenvalue weighted by Gasteiger charge is -2.11. The minimum Gasteiger partial charge on any atom is -0.481 e. The molecule has 0 aliphatic heterocycles. The third-order valence-corrected chi connectivity index (χ3v) is 4.96. The fourth-order valence-electron chi connectivity index (χ4n) is 3.03. The van der Waals surface area contributed by atoms with Gasteiger partial charge in [-0.2, -0.15) is 0 Å². The van der Waals surface area contributed by atoms with Gasteiger partial charge in [0.2, 0.25) is 10.0 Å². The molecule has 0 fully saturated rings. The molecule has 0 bridgehead atoms. The number of aromatic amines is 2. The van der Waals surface area contributed by atoms with Crippen LogP contribution in [0.15, 0.2) is 59.5 Å². The third-order valence-electron chi connectivity index (χ3n) is 4.37. The summed E-state index contributed by atoms with van der Waals surface area (Å²) in [5.41, 5.74) is 3.22. The van der Waals surface area contributed by atoms with Crippen LogP contribution < -0.4 is 10.3 Å². The van der Waals surface area contributed by atoms with E-state index in [9.17, 15) is 18.0 Å². The van der Waals surface area contributed by atoms with Gasteiger partial charge in [0.05, 0.1) is 11.9 Å². The van der Waals surface area contributed by atoms with Crippen molar-refractivity contribution >= 4 is 43.5 Å². The van der Waals surface area contributed by atoms with Crippen LogP contribution in [0.5, 0.6) is 0 Å². The predicted octanol–water partition coefficient (Wildman–Crippen LogP) is 3.53. The molecular weight excluding hydrogens is 406 g/mol. The van der Waals surface area contributed by atoms with Gasteiger partial charge in [-0.1, -0.05) is 31.2 Å². The molecule has 2 heterocycles. The summed E-state index contributed by atoms with van der Waals surface area (Å²) in [6.45, 7) is 1.60. The number of aromatic nitrogens is 2. The number of carbonyl (C=O) groups is 1. The Morgan fingerprint density at radius 1 is 1.10 bits per heavy atom. The van der Waals surface area contributed by atoms with Crippen LogP contribution in [0.2, 0.25) is 0 Å². The van der Waals surface area contributed by atoms with Crippen LogP contribution in [0.3, 0.4) is 0 Å². The van der Waals surface area contributed by atoms with Crippen molar-refractivity contribution in [3.63, 3.8) is 0 Å². The molecule has 0 saturated carbocycles. The number of anilines is 1. The molecule has 0 unspecified atom stereocenters. The number of carboxylic acid groups (broad SMARTS) is 1. The van der Waals surface area contributed by atoms with Crippen molar-refractivity contribution in [3.8, 4) is 11.1 Å². The van der Waals surface area contributed by atoms with E-state index in [1.165, 1.54) is 0 Å². The van der Waals surface area contributed by atoms with Gasteiger partial charge in [-0.15, -0.1) is 0 Å². The number of sulfonamides is 1. The maximum absolute atomic E-state index is 12.1. The highest BCUT2D eigenvalue weighted by molar-refractivity contribution is 7.92. The van der Waals surface area contributed by atoms with Gasteiger partial charge in [0, 0.05) is 34.5 Å². The number of nitrogens with one attached hydrogen (secondary N) is 3. The van der Waals surface area contributed by atoms with E-state index < -0.39 is 16.0 Å². The highest BCUT2D eigenvalue weighted by Gasteiger charge is 2.11. The Morgan fingerprint density at radius 2 is 1.80 bits per heavy atom. The molecule has 2 aromatic heterocycles. The maximum atomic E-state index is 12.1. The molecule has 0 aliphatic rings. The molecule has 4 aromatic rings. The van der Waals surface area contributed by atoms with Gasteiger partial charge in [0.15, 0.2) is 0 Å². The summed E-state index contributed by atoms with van der Waals surface area (Å²) in [4.78, 5) is 27.2. The smallest absolute Gasteiger partial charge is 0.303 e. The van der Waals surface area contributed by atoms with E-state index in [-0.39, 0.29) is 12.0 Å². The molecule has 0 spiro atoms. The van der Waals surface area contributed by atoms with Crippen LogP contribution in [0.4, 0.5) is 5.69 Å². The second-order valence-corrected chi connectivity index (χ2v) is 8.40. The Morgan fingerprint density at radius 3 is 2.47 bits per heavy atom. The summed E-state index contributed by atoms with van der Waals surface area (Å²) >= 11 is 0. The normalized spacial score (nSPS) is 11.1. The molecule has 0 saturated heterocycles. The van der Waals surface area contributed by atoms with Gasteiger partial charge in [-0.3, -0.25) is 14.3 Å². The molecular formula is C21H21N3O5S. The molecule has 4 N–H and O–H groups in total. The zero-order valence-electron chi connectivity index (χ0n) is 16.4. The number of pyridine rings is 1. The fourth-order valence-corrected chi connectivity index (χ4v) is 3.61. The van der Waals surface area contributed by atoms with Crippen LogP contribution >= 0.6 is 0 Å². The lowest BCUT2D eigenvalue weighted by Crippen LogP contribution is -2.10. The van der Waals surface area contributed by atoms with Crippen LogP contribution in [-0.2, 0) is 14.8 Å². The molecule has 9 heteroatoms. The third kappa shape index (κ3) is 4.69. The highest BCUT2D eigenvalue weighted by atomic mass is 32.2. The molecule has 2 aromatic carbocycles. The van der Waals surface area contributed by atoms with Gasteiger partial charge in [-0.05, 0) is 29.8 Å². The Bertz CT molecular complexity index is 1390. The van der Waals surface area contributed by atoms with Crippen LogP contribution in [0.25, 0.3) is 32.9 Å². The first-order chi connectivity index (χ1) is 14.2. The van der Waals surface area contributed by atoms with E-state index >= 15 is 0 Å². The maximum Gasteiger partial charge on any atom is 0.303 e. The summed E-state index contributed by atoms with van der Waals surface area (Å²) < 4.78 is 25.8. The van der Waals surface area contributed by atoms with E-state index in [0.29, 0.717) is 11.2 Å². The molecule has 30 heavy (non-hydrogen) atoms. The number of carboxylic acids is 1. The number of aliphatic carboxylic acids is 1. The van der Waals surface area contributed by atoms with Crippen molar-refractivity contribution in [2.45, 2.75) is 13.3 Å². The predicted molar refractivity (Wildman–Crippen MR) is 118 cm³/mol. The number of benzene rings is 2. The second kappa shape index (κ2) is 8.42. The average molecular weight is 427 g/mol. The lowest BCUT2D eigenvalue weighted by atomic mass is 10.0. The summed E-state index contributed by atoms with van der Waals surface area (Å²) in [6.07, 6.45) is 3.07. The summed E-state index contributed by atoms with van der Waals surface area (Å²) in [6, 6.07) is 14.7. The summed E-state index contributed by atoms with van der Waals surface area (Å²) in [7, 11) is -3.38. The lowest BCUT2D eigenvalue weighted by molar-refractivity contribution is -0.136. The molecule has 4 rings (SSSR count). The zero-order valence-corrected chi connectivity index (χ0v) is 17.2. The summed E-state index contributed by atoms with van der Waals surface area (Å²) in [5, 5.41) is 9.44. The quantitative estimate of drug-likeness (QED) is 0.396. The Labute approximate surface area is 172 Å². The van der Waals surface area contributed by atoms with Gasteiger partial charge in [-0.25, -0.2) is 8.42 Å². The number of hydrogen-bond acceptors (Lipinski definition) is 4. The van der Waals surface area contributed by atoms with E-state index in [1.807, 2.05) is 36.4 Å².